The number of carbonyl (C=O) groups is 2. The first-order chi connectivity index (χ1) is 10.9. The largest absolute Gasteiger partial charge is 0.348 e. The van der Waals surface area contributed by atoms with Gasteiger partial charge < -0.3 is 16.4 Å². The van der Waals surface area contributed by atoms with Crippen molar-refractivity contribution in [2.45, 2.75) is 26.4 Å². The Morgan fingerprint density at radius 3 is 2.78 bits per heavy atom. The van der Waals surface area contributed by atoms with Crippen molar-refractivity contribution in [2.75, 3.05) is 6.54 Å². The summed E-state index contributed by atoms with van der Waals surface area (Å²) >= 11 is 7.41. The van der Waals surface area contributed by atoms with Crippen molar-refractivity contribution >= 4 is 45.0 Å². The summed E-state index contributed by atoms with van der Waals surface area (Å²) < 4.78 is 1.01. The van der Waals surface area contributed by atoms with Crippen LogP contribution >= 0.6 is 22.9 Å². The van der Waals surface area contributed by atoms with E-state index in [0.717, 1.165) is 15.2 Å². The number of carbonyl (C=O) groups excluding carboxylic acids is 2. The monoisotopic (exact) mass is 354 g/mol. The minimum absolute atomic E-state index is 0.0210. The molecule has 0 unspecified atom stereocenters. The Bertz CT molecular complexity index is 717. The van der Waals surface area contributed by atoms with Gasteiger partial charge in [0.1, 0.15) is 5.01 Å². The summed E-state index contributed by atoms with van der Waals surface area (Å²) in [5.74, 6) is -0.594. The number of thiazole rings is 1. The Hall–Kier alpha value is -1.70. The number of amides is 2. The third kappa shape index (κ3) is 4.89. The van der Waals surface area contributed by atoms with E-state index in [4.69, 9.17) is 17.3 Å². The number of nitrogens with one attached hydrogen (secondary N) is 2. The molecule has 6 nitrogen and oxygen atoms in total. The number of benzene rings is 1. The van der Waals surface area contributed by atoms with Crippen molar-refractivity contribution in [3.05, 3.63) is 28.2 Å². The van der Waals surface area contributed by atoms with Gasteiger partial charge in [0, 0.05) is 5.02 Å². The highest BCUT2D eigenvalue weighted by Crippen LogP contribution is 2.24. The quantitative estimate of drug-likeness (QED) is 0.735. The second kappa shape index (κ2) is 7.72. The zero-order valence-electron chi connectivity index (χ0n) is 12.9. The van der Waals surface area contributed by atoms with Crippen LogP contribution in [0.1, 0.15) is 18.9 Å². The zero-order valence-corrected chi connectivity index (χ0v) is 14.5. The molecule has 0 aliphatic heterocycles. The number of fused-ring (bicyclic) bond motifs is 1. The van der Waals surface area contributed by atoms with Crippen LogP contribution in [0.4, 0.5) is 0 Å². The predicted molar refractivity (Wildman–Crippen MR) is 92.3 cm³/mol. The van der Waals surface area contributed by atoms with E-state index in [1.807, 2.05) is 19.9 Å². The minimum Gasteiger partial charge on any atom is -0.348 e. The highest BCUT2D eigenvalue weighted by molar-refractivity contribution is 7.18. The molecule has 1 atom stereocenters. The lowest BCUT2D eigenvalue weighted by Gasteiger charge is -2.14. The first kappa shape index (κ1) is 17.7. The molecule has 8 heteroatoms. The molecule has 0 saturated heterocycles. The number of halogens is 1. The molecule has 23 heavy (non-hydrogen) atoms. The molecular formula is C15H19ClN4O2S. The Labute approximate surface area is 143 Å². The standard InChI is InChI=1S/C15H19ClN4O2S/c1-8(2)14(17)15(22)19-6-12(21)18-7-13-20-10-5-9(16)3-4-11(10)23-13/h3-5,8,14H,6-7,17H2,1-2H3,(H,18,21)(H,19,22)/t14-/m0/s1. The van der Waals surface area contributed by atoms with Crippen molar-refractivity contribution in [3.8, 4) is 0 Å². The molecule has 0 spiro atoms. The van der Waals surface area contributed by atoms with Crippen LogP contribution in [-0.4, -0.2) is 29.4 Å². The lowest BCUT2D eigenvalue weighted by molar-refractivity contribution is -0.127. The van der Waals surface area contributed by atoms with E-state index >= 15 is 0 Å². The fourth-order valence-corrected chi connectivity index (χ4v) is 2.90. The first-order valence-electron chi connectivity index (χ1n) is 7.21. The van der Waals surface area contributed by atoms with Crippen molar-refractivity contribution in [1.29, 1.82) is 0 Å². The maximum atomic E-state index is 11.8. The molecule has 0 radical (unpaired) electrons. The number of hydrogen-bond donors (Lipinski definition) is 3. The van der Waals surface area contributed by atoms with Crippen LogP contribution in [0.2, 0.25) is 5.02 Å². The second-order valence-electron chi connectivity index (χ2n) is 5.48. The van der Waals surface area contributed by atoms with Gasteiger partial charge in [0.15, 0.2) is 0 Å². The van der Waals surface area contributed by atoms with Crippen LogP contribution < -0.4 is 16.4 Å². The minimum atomic E-state index is -0.614. The average Bonchev–Trinajstić information content (AvgIpc) is 2.91. The molecule has 0 bridgehead atoms. The molecule has 0 saturated carbocycles. The third-order valence-corrected chi connectivity index (χ3v) is 4.55. The molecule has 2 amide bonds. The average molecular weight is 355 g/mol. The van der Waals surface area contributed by atoms with Gasteiger partial charge >= 0.3 is 0 Å². The van der Waals surface area contributed by atoms with Gasteiger partial charge in [-0.15, -0.1) is 11.3 Å². The van der Waals surface area contributed by atoms with E-state index in [2.05, 4.69) is 15.6 Å². The topological polar surface area (TPSA) is 97.1 Å². The van der Waals surface area contributed by atoms with E-state index in [1.54, 1.807) is 12.1 Å². The highest BCUT2D eigenvalue weighted by Gasteiger charge is 2.17. The van der Waals surface area contributed by atoms with E-state index in [0.29, 0.717) is 11.6 Å². The van der Waals surface area contributed by atoms with Crippen LogP contribution in [0.25, 0.3) is 10.2 Å². The van der Waals surface area contributed by atoms with Crippen molar-refractivity contribution in [2.24, 2.45) is 11.7 Å². The van der Waals surface area contributed by atoms with E-state index in [9.17, 15) is 9.59 Å². The van der Waals surface area contributed by atoms with Crippen molar-refractivity contribution < 1.29 is 9.59 Å². The smallest absolute Gasteiger partial charge is 0.239 e. The van der Waals surface area contributed by atoms with Gasteiger partial charge in [0.2, 0.25) is 11.8 Å². The molecular weight excluding hydrogens is 336 g/mol. The first-order valence-corrected chi connectivity index (χ1v) is 8.41. The molecule has 124 valence electrons. The maximum absolute atomic E-state index is 11.8. The second-order valence-corrected chi connectivity index (χ2v) is 7.04. The number of nitrogens with two attached hydrogens (primary N) is 1. The normalized spacial score (nSPS) is 12.4. The third-order valence-electron chi connectivity index (χ3n) is 3.27. The van der Waals surface area contributed by atoms with Gasteiger partial charge in [-0.05, 0) is 24.1 Å². The van der Waals surface area contributed by atoms with Gasteiger partial charge in [0.25, 0.3) is 0 Å². The van der Waals surface area contributed by atoms with Gasteiger partial charge in [-0.1, -0.05) is 25.4 Å². The highest BCUT2D eigenvalue weighted by atomic mass is 35.5. The zero-order chi connectivity index (χ0) is 17.0. The maximum Gasteiger partial charge on any atom is 0.239 e. The molecule has 4 N–H and O–H groups in total. The number of rotatable bonds is 6. The molecule has 1 aromatic carbocycles. The summed E-state index contributed by atoms with van der Waals surface area (Å²) in [6, 6.07) is 4.87. The predicted octanol–water partition coefficient (Wildman–Crippen LogP) is 1.67. The van der Waals surface area contributed by atoms with Crippen LogP contribution in [0.5, 0.6) is 0 Å². The summed E-state index contributed by atoms with van der Waals surface area (Å²) in [7, 11) is 0. The van der Waals surface area contributed by atoms with Crippen LogP contribution in [0, 0.1) is 5.92 Å². The lowest BCUT2D eigenvalue weighted by Crippen LogP contribution is -2.47. The SMILES string of the molecule is CC(C)[C@H](N)C(=O)NCC(=O)NCc1nc2cc(Cl)ccc2s1. The van der Waals surface area contributed by atoms with Crippen molar-refractivity contribution in [3.63, 3.8) is 0 Å². The Morgan fingerprint density at radius 1 is 1.35 bits per heavy atom. The molecule has 2 rings (SSSR count). The summed E-state index contributed by atoms with van der Waals surface area (Å²) in [5.41, 5.74) is 6.51. The Balaban J connectivity index is 1.82. The molecule has 0 aliphatic rings. The fourth-order valence-electron chi connectivity index (χ4n) is 1.85. The summed E-state index contributed by atoms with van der Waals surface area (Å²) in [6.45, 7) is 3.91. The van der Waals surface area contributed by atoms with E-state index < -0.39 is 6.04 Å². The van der Waals surface area contributed by atoms with Gasteiger partial charge in [-0.2, -0.15) is 0 Å². The Morgan fingerprint density at radius 2 is 2.09 bits per heavy atom. The van der Waals surface area contributed by atoms with E-state index in [-0.39, 0.29) is 24.3 Å². The van der Waals surface area contributed by atoms with Crippen LogP contribution in [-0.2, 0) is 16.1 Å². The number of aromatic nitrogens is 1. The number of nitrogens with zero attached hydrogens (tertiary/aromatic N) is 1. The molecule has 1 aromatic heterocycles. The van der Waals surface area contributed by atoms with Crippen molar-refractivity contribution in [1.82, 2.24) is 15.6 Å². The summed E-state index contributed by atoms with van der Waals surface area (Å²) in [6.07, 6.45) is 0. The molecule has 2 aromatic rings. The summed E-state index contributed by atoms with van der Waals surface area (Å²) in [4.78, 5) is 27.8. The number of hydrogen-bond acceptors (Lipinski definition) is 5. The molecule has 0 aliphatic carbocycles. The van der Waals surface area contributed by atoms with Gasteiger partial charge in [-0.3, -0.25) is 9.59 Å². The lowest BCUT2D eigenvalue weighted by atomic mass is 10.1. The Kier molecular flexibility index (Phi) is 5.92. The molecule has 0 fully saturated rings. The van der Waals surface area contributed by atoms with E-state index in [1.165, 1.54) is 11.3 Å². The van der Waals surface area contributed by atoms with Crippen LogP contribution in [0.3, 0.4) is 0 Å². The van der Waals surface area contributed by atoms with Gasteiger partial charge in [0.05, 0.1) is 29.3 Å². The molecule has 1 heterocycles. The van der Waals surface area contributed by atoms with Gasteiger partial charge in [-0.25, -0.2) is 4.98 Å². The summed E-state index contributed by atoms with van der Waals surface area (Å²) in [5, 5.41) is 6.65. The van der Waals surface area contributed by atoms with Crippen LogP contribution in [0.15, 0.2) is 18.2 Å². The fraction of sp³-hybridized carbons (Fsp3) is 0.400.